The monoisotopic (exact) mass is 362 g/mol. The van der Waals surface area contributed by atoms with E-state index in [1.54, 1.807) is 0 Å². The van der Waals surface area contributed by atoms with Crippen molar-refractivity contribution in [1.82, 2.24) is 10.6 Å². The second kappa shape index (κ2) is 9.72. The molecule has 0 aliphatic carbocycles. The van der Waals surface area contributed by atoms with Gasteiger partial charge in [-0.05, 0) is 29.7 Å². The van der Waals surface area contributed by atoms with Crippen molar-refractivity contribution in [2.24, 2.45) is 5.41 Å². The molecule has 0 bridgehead atoms. The fraction of sp³-hybridized carbons (Fsp3) is 0.421. The molecule has 1 unspecified atom stereocenters. The number of carboxylic acid groups (broad SMARTS) is 1. The van der Waals surface area contributed by atoms with Crippen LogP contribution in [0.15, 0.2) is 36.9 Å². The fourth-order valence-electron chi connectivity index (χ4n) is 1.91. The van der Waals surface area contributed by atoms with Crippen LogP contribution in [0.25, 0.3) is 0 Å². The van der Waals surface area contributed by atoms with Crippen molar-refractivity contribution in [3.05, 3.63) is 48.0 Å². The quantitative estimate of drug-likeness (QED) is 0.459. The van der Waals surface area contributed by atoms with Gasteiger partial charge in [-0.2, -0.15) is 0 Å². The third-order valence-electron chi connectivity index (χ3n) is 3.31. The molecule has 2 amide bonds. The lowest BCUT2D eigenvalue weighted by Gasteiger charge is -2.18. The molecule has 0 saturated carbocycles. The molecule has 0 aliphatic rings. The average molecular weight is 362 g/mol. The first kappa shape index (κ1) is 21.4. The Morgan fingerprint density at radius 1 is 1.15 bits per heavy atom. The standard InChI is InChI=1S/C19H26N2O5/c1-5-10-26-11-15(18(24)25)21-17(23)14-8-6-13(7-9-14)16(22)20-12-19(2,3)4/h5-9,15H,1,10-12H2,2-4H3,(H,20,22)(H,21,23)(H,24,25). The summed E-state index contributed by atoms with van der Waals surface area (Å²) in [4.78, 5) is 35.4. The summed E-state index contributed by atoms with van der Waals surface area (Å²) in [5.41, 5.74) is 0.650. The molecule has 142 valence electrons. The molecular formula is C19H26N2O5. The van der Waals surface area contributed by atoms with E-state index in [0.29, 0.717) is 12.1 Å². The molecule has 3 N–H and O–H groups in total. The van der Waals surface area contributed by atoms with E-state index in [4.69, 9.17) is 9.84 Å². The lowest BCUT2D eigenvalue weighted by atomic mass is 9.97. The third kappa shape index (κ3) is 7.48. The zero-order chi connectivity index (χ0) is 19.7. The predicted octanol–water partition coefficient (Wildman–Crippen LogP) is 1.85. The Hall–Kier alpha value is -2.67. The van der Waals surface area contributed by atoms with E-state index in [9.17, 15) is 14.4 Å². The van der Waals surface area contributed by atoms with Crippen LogP contribution >= 0.6 is 0 Å². The molecule has 1 atom stereocenters. The minimum atomic E-state index is -1.19. The number of ether oxygens (including phenoxy) is 1. The molecule has 1 aromatic carbocycles. The molecule has 0 spiro atoms. The Kier molecular flexibility index (Phi) is 7.99. The summed E-state index contributed by atoms with van der Waals surface area (Å²) in [7, 11) is 0. The summed E-state index contributed by atoms with van der Waals surface area (Å²) in [5.74, 6) is -1.98. The summed E-state index contributed by atoms with van der Waals surface area (Å²) in [6.45, 7) is 10.1. The van der Waals surface area contributed by atoms with Gasteiger partial charge < -0.3 is 20.5 Å². The number of aliphatic carboxylic acids is 1. The van der Waals surface area contributed by atoms with E-state index >= 15 is 0 Å². The first-order valence-electron chi connectivity index (χ1n) is 8.24. The maximum atomic E-state index is 12.2. The van der Waals surface area contributed by atoms with E-state index in [-0.39, 0.29) is 30.1 Å². The first-order chi connectivity index (χ1) is 12.1. The van der Waals surface area contributed by atoms with Crippen LogP contribution in [0, 0.1) is 5.41 Å². The number of carboxylic acids is 1. The summed E-state index contributed by atoms with van der Waals surface area (Å²) < 4.78 is 5.08. The van der Waals surface area contributed by atoms with Gasteiger partial charge in [0.05, 0.1) is 13.2 Å². The summed E-state index contributed by atoms with van der Waals surface area (Å²) >= 11 is 0. The number of nitrogens with one attached hydrogen (secondary N) is 2. The molecule has 1 rings (SSSR count). The maximum Gasteiger partial charge on any atom is 0.328 e. The normalized spacial score (nSPS) is 12.1. The van der Waals surface area contributed by atoms with E-state index in [0.717, 1.165) is 0 Å². The van der Waals surface area contributed by atoms with Crippen molar-refractivity contribution < 1.29 is 24.2 Å². The van der Waals surface area contributed by atoms with Crippen molar-refractivity contribution in [3.8, 4) is 0 Å². The Morgan fingerprint density at radius 2 is 1.69 bits per heavy atom. The second-order valence-corrected chi connectivity index (χ2v) is 7.01. The number of carbonyl (C=O) groups is 3. The lowest BCUT2D eigenvalue weighted by molar-refractivity contribution is -0.140. The Bertz CT molecular complexity index is 647. The molecule has 0 saturated heterocycles. The number of amides is 2. The first-order valence-corrected chi connectivity index (χ1v) is 8.24. The molecule has 0 heterocycles. The zero-order valence-corrected chi connectivity index (χ0v) is 15.4. The summed E-state index contributed by atoms with van der Waals surface area (Å²) in [6, 6.07) is 4.83. The molecule has 7 heteroatoms. The number of benzene rings is 1. The molecule has 0 fully saturated rings. The second-order valence-electron chi connectivity index (χ2n) is 7.01. The summed E-state index contributed by atoms with van der Waals surface area (Å²) in [5, 5.41) is 14.3. The average Bonchev–Trinajstić information content (AvgIpc) is 2.58. The van der Waals surface area contributed by atoms with E-state index < -0.39 is 17.9 Å². The molecule has 0 aliphatic heterocycles. The van der Waals surface area contributed by atoms with Gasteiger partial charge in [0.1, 0.15) is 0 Å². The van der Waals surface area contributed by atoms with Crippen molar-refractivity contribution in [2.45, 2.75) is 26.8 Å². The van der Waals surface area contributed by atoms with E-state index in [1.165, 1.54) is 30.3 Å². The molecule has 26 heavy (non-hydrogen) atoms. The van der Waals surface area contributed by atoms with Crippen LogP contribution in [-0.2, 0) is 9.53 Å². The van der Waals surface area contributed by atoms with E-state index in [1.807, 2.05) is 20.8 Å². The minimum Gasteiger partial charge on any atom is -0.480 e. The number of hydrogen-bond acceptors (Lipinski definition) is 4. The molecule has 1 aromatic rings. The van der Waals surface area contributed by atoms with Gasteiger partial charge in [0.25, 0.3) is 11.8 Å². The lowest BCUT2D eigenvalue weighted by Crippen LogP contribution is -2.44. The highest BCUT2D eigenvalue weighted by Gasteiger charge is 2.21. The zero-order valence-electron chi connectivity index (χ0n) is 15.4. The van der Waals surface area contributed by atoms with Crippen LogP contribution in [0.5, 0.6) is 0 Å². The Labute approximate surface area is 153 Å². The highest BCUT2D eigenvalue weighted by Crippen LogP contribution is 2.11. The van der Waals surface area contributed by atoms with Gasteiger partial charge in [0, 0.05) is 17.7 Å². The van der Waals surface area contributed by atoms with Crippen LogP contribution in [-0.4, -0.2) is 48.7 Å². The van der Waals surface area contributed by atoms with Crippen LogP contribution in [0.2, 0.25) is 0 Å². The Morgan fingerprint density at radius 3 is 2.15 bits per heavy atom. The van der Waals surface area contributed by atoms with Gasteiger partial charge in [-0.25, -0.2) is 4.79 Å². The molecule has 7 nitrogen and oxygen atoms in total. The number of hydrogen-bond donors (Lipinski definition) is 3. The summed E-state index contributed by atoms with van der Waals surface area (Å²) in [6.07, 6.45) is 1.49. The van der Waals surface area contributed by atoms with Crippen molar-refractivity contribution in [1.29, 1.82) is 0 Å². The smallest absolute Gasteiger partial charge is 0.328 e. The van der Waals surface area contributed by atoms with Crippen LogP contribution < -0.4 is 10.6 Å². The van der Waals surface area contributed by atoms with Crippen molar-refractivity contribution in [3.63, 3.8) is 0 Å². The van der Waals surface area contributed by atoms with Gasteiger partial charge in [-0.15, -0.1) is 6.58 Å². The van der Waals surface area contributed by atoms with Gasteiger partial charge in [-0.1, -0.05) is 26.8 Å². The number of carbonyl (C=O) groups excluding carboxylic acids is 2. The van der Waals surface area contributed by atoms with Gasteiger partial charge >= 0.3 is 5.97 Å². The predicted molar refractivity (Wildman–Crippen MR) is 98.1 cm³/mol. The number of rotatable bonds is 9. The maximum absolute atomic E-state index is 12.2. The van der Waals surface area contributed by atoms with E-state index in [2.05, 4.69) is 17.2 Å². The molecule has 0 aromatic heterocycles. The van der Waals surface area contributed by atoms with Gasteiger partial charge in [0.15, 0.2) is 6.04 Å². The van der Waals surface area contributed by atoms with Crippen LogP contribution in [0.1, 0.15) is 41.5 Å². The van der Waals surface area contributed by atoms with Gasteiger partial charge in [0.2, 0.25) is 0 Å². The third-order valence-corrected chi connectivity index (χ3v) is 3.31. The SMILES string of the molecule is C=CCOCC(NC(=O)c1ccc(C(=O)NCC(C)(C)C)cc1)C(=O)O. The minimum absolute atomic E-state index is 0.0327. The van der Waals surface area contributed by atoms with Crippen molar-refractivity contribution >= 4 is 17.8 Å². The van der Waals surface area contributed by atoms with Crippen molar-refractivity contribution in [2.75, 3.05) is 19.8 Å². The Balaban J connectivity index is 2.68. The highest BCUT2D eigenvalue weighted by molar-refractivity contribution is 5.99. The molecule has 0 radical (unpaired) electrons. The van der Waals surface area contributed by atoms with Gasteiger partial charge in [-0.3, -0.25) is 9.59 Å². The topological polar surface area (TPSA) is 105 Å². The van der Waals surface area contributed by atoms with Crippen LogP contribution in [0.4, 0.5) is 0 Å². The van der Waals surface area contributed by atoms with Crippen LogP contribution in [0.3, 0.4) is 0 Å². The fourth-order valence-corrected chi connectivity index (χ4v) is 1.91. The largest absolute Gasteiger partial charge is 0.480 e. The molecular weight excluding hydrogens is 336 g/mol. The highest BCUT2D eigenvalue weighted by atomic mass is 16.5.